The summed E-state index contributed by atoms with van der Waals surface area (Å²) in [6.07, 6.45) is 12.7. The molecule has 0 bridgehead atoms. The summed E-state index contributed by atoms with van der Waals surface area (Å²) in [5.74, 6) is 1.47. The predicted octanol–water partition coefficient (Wildman–Crippen LogP) is 9.98. The highest BCUT2D eigenvalue weighted by molar-refractivity contribution is 5.58. The minimum Gasteiger partial charge on any atom is -0.376 e. The Morgan fingerprint density at radius 3 is 2.21 bits per heavy atom. The molecule has 0 N–H and O–H groups in total. The zero-order valence-corrected chi connectivity index (χ0v) is 35.1. The average molecular weight is 805 g/mol. The highest BCUT2D eigenvalue weighted by Crippen LogP contribution is 2.34. The number of ether oxygens (including phenoxy) is 2. The van der Waals surface area contributed by atoms with Crippen molar-refractivity contribution in [2.75, 3.05) is 26.3 Å². The molecule has 7 rings (SSSR count). The van der Waals surface area contributed by atoms with Crippen LogP contribution in [0, 0.1) is 5.92 Å². The van der Waals surface area contributed by atoms with E-state index in [9.17, 15) is 18.0 Å². The van der Waals surface area contributed by atoms with Crippen molar-refractivity contribution in [2.24, 2.45) is 13.0 Å². The molecule has 1 saturated heterocycles. The molecule has 9 nitrogen and oxygen atoms in total. The van der Waals surface area contributed by atoms with E-state index in [1.165, 1.54) is 73.5 Å². The van der Waals surface area contributed by atoms with Gasteiger partial charge in [0.1, 0.15) is 12.2 Å². The van der Waals surface area contributed by atoms with E-state index in [0.717, 1.165) is 46.5 Å². The standard InChI is InChI=1S/C40H49F3N6O3.C4H8.C2H6/c1-4-7-29(5-2)20-30-10-12-31(13-11-30)27-51-18-19-52-35-14-16-47(17-15-35)24-33-22-36(40(41,42)43)37-26-48(39(50)49(37)25-33)34-9-6-8-32(21-34)23-38-45-44-28-46(38)3;1-2-4-3-1;1-2/h6,8-13,21-22,25-26,28-29,35H,4-5,7,14-20,23-24,27H2,1-3H3;1-4H2;1-2H3. The van der Waals surface area contributed by atoms with Crippen LogP contribution < -0.4 is 5.69 Å². The van der Waals surface area contributed by atoms with Gasteiger partial charge in [-0.15, -0.1) is 10.2 Å². The fraction of sp³-hybridized carbons (Fsp3) is 0.543. The molecule has 1 aliphatic carbocycles. The van der Waals surface area contributed by atoms with Crippen molar-refractivity contribution < 1.29 is 22.6 Å². The molecule has 2 aliphatic rings. The number of rotatable bonds is 16. The van der Waals surface area contributed by atoms with Crippen LogP contribution in [0.1, 0.15) is 119 Å². The van der Waals surface area contributed by atoms with Crippen LogP contribution >= 0.6 is 0 Å². The summed E-state index contributed by atoms with van der Waals surface area (Å²) >= 11 is 0. The topological polar surface area (TPSA) is 78.8 Å². The molecule has 316 valence electrons. The molecule has 0 amide bonds. The summed E-state index contributed by atoms with van der Waals surface area (Å²) in [7, 11) is 1.84. The third-order valence-electron chi connectivity index (χ3n) is 11.1. The molecule has 2 fully saturated rings. The molecule has 1 atom stereocenters. The SMILES string of the molecule is C1CCC1.CC.CCCC(CC)Cc1ccc(COCCOC2CCN(Cc3cc(C(F)(F)F)c4cn(-c5cccc(Cc6nncn6C)c5)c(=O)n4c3)CC2)cc1. The van der Waals surface area contributed by atoms with Crippen molar-refractivity contribution >= 4 is 5.52 Å². The minimum atomic E-state index is -4.63. The third-order valence-corrected chi connectivity index (χ3v) is 11.1. The first-order valence-corrected chi connectivity index (χ1v) is 21.4. The van der Waals surface area contributed by atoms with E-state index >= 15 is 0 Å². The molecule has 1 unspecified atom stereocenters. The molecule has 0 radical (unpaired) electrons. The Hall–Kier alpha value is -4.26. The van der Waals surface area contributed by atoms with E-state index in [1.807, 2.05) is 27.0 Å². The van der Waals surface area contributed by atoms with Crippen molar-refractivity contribution in [1.29, 1.82) is 0 Å². The van der Waals surface area contributed by atoms with E-state index in [2.05, 4.69) is 53.2 Å². The normalized spacial score (nSPS) is 15.3. The molecule has 1 saturated carbocycles. The van der Waals surface area contributed by atoms with Gasteiger partial charge in [-0.1, -0.05) is 109 Å². The number of fused-ring (bicyclic) bond motifs is 1. The van der Waals surface area contributed by atoms with Crippen LogP contribution in [-0.4, -0.2) is 61.0 Å². The number of likely N-dealkylation sites (tertiary alicyclic amines) is 1. The predicted molar refractivity (Wildman–Crippen MR) is 224 cm³/mol. The number of hydrogen-bond donors (Lipinski definition) is 0. The van der Waals surface area contributed by atoms with Crippen LogP contribution in [0.5, 0.6) is 0 Å². The summed E-state index contributed by atoms with van der Waals surface area (Å²) in [4.78, 5) is 15.7. The van der Waals surface area contributed by atoms with Crippen molar-refractivity contribution in [3.8, 4) is 5.69 Å². The molecule has 3 aromatic heterocycles. The van der Waals surface area contributed by atoms with E-state index in [1.54, 1.807) is 29.1 Å². The van der Waals surface area contributed by atoms with Crippen molar-refractivity contribution in [2.45, 2.75) is 124 Å². The first-order chi connectivity index (χ1) is 28.1. The number of hydrogen-bond acceptors (Lipinski definition) is 6. The van der Waals surface area contributed by atoms with E-state index < -0.39 is 17.4 Å². The lowest BCUT2D eigenvalue weighted by atomic mass is 9.92. The summed E-state index contributed by atoms with van der Waals surface area (Å²) in [5.41, 5.74) is 2.72. The highest BCUT2D eigenvalue weighted by Gasteiger charge is 2.35. The number of benzene rings is 2. The van der Waals surface area contributed by atoms with Gasteiger partial charge < -0.3 is 14.0 Å². The van der Waals surface area contributed by atoms with Gasteiger partial charge in [-0.05, 0) is 65.6 Å². The van der Waals surface area contributed by atoms with Crippen LogP contribution in [-0.2, 0) is 48.7 Å². The molecule has 58 heavy (non-hydrogen) atoms. The Morgan fingerprint density at radius 1 is 0.879 bits per heavy atom. The maximum atomic E-state index is 14.4. The Morgan fingerprint density at radius 2 is 1.59 bits per heavy atom. The zero-order valence-electron chi connectivity index (χ0n) is 35.1. The maximum absolute atomic E-state index is 14.4. The van der Waals surface area contributed by atoms with Gasteiger partial charge in [0.25, 0.3) is 0 Å². The molecule has 12 heteroatoms. The first kappa shape index (κ1) is 44.8. The fourth-order valence-electron chi connectivity index (χ4n) is 7.38. The lowest BCUT2D eigenvalue weighted by molar-refractivity contribution is -0.136. The Labute approximate surface area is 342 Å². The highest BCUT2D eigenvalue weighted by atomic mass is 19.4. The van der Waals surface area contributed by atoms with Gasteiger partial charge in [0.2, 0.25) is 0 Å². The van der Waals surface area contributed by atoms with Crippen molar-refractivity contribution in [3.05, 3.63) is 117 Å². The van der Waals surface area contributed by atoms with Crippen LogP contribution in [0.25, 0.3) is 11.2 Å². The number of imidazole rings is 1. The second-order valence-electron chi connectivity index (χ2n) is 15.4. The third kappa shape index (κ3) is 12.6. The first-order valence-electron chi connectivity index (χ1n) is 21.4. The zero-order chi connectivity index (χ0) is 41.5. The van der Waals surface area contributed by atoms with Gasteiger partial charge >= 0.3 is 11.9 Å². The number of halogens is 3. The van der Waals surface area contributed by atoms with Gasteiger partial charge in [0, 0.05) is 45.5 Å². The largest absolute Gasteiger partial charge is 0.418 e. The van der Waals surface area contributed by atoms with Crippen LogP contribution in [0.4, 0.5) is 13.2 Å². The van der Waals surface area contributed by atoms with Crippen molar-refractivity contribution in [1.82, 2.24) is 28.6 Å². The molecule has 4 heterocycles. The Kier molecular flexibility index (Phi) is 17.2. The van der Waals surface area contributed by atoms with Crippen LogP contribution in [0.2, 0.25) is 0 Å². The van der Waals surface area contributed by atoms with Gasteiger partial charge in [-0.2, -0.15) is 13.2 Å². The number of aryl methyl sites for hydroxylation is 1. The summed E-state index contributed by atoms with van der Waals surface area (Å²) in [5, 5.41) is 8.01. The summed E-state index contributed by atoms with van der Waals surface area (Å²) in [6, 6.07) is 17.1. The summed E-state index contributed by atoms with van der Waals surface area (Å²) < 4.78 is 59.2. The Balaban J connectivity index is 0.000000991. The van der Waals surface area contributed by atoms with Gasteiger partial charge in [-0.3, -0.25) is 13.9 Å². The molecule has 0 spiro atoms. The molecule has 1 aliphatic heterocycles. The minimum absolute atomic E-state index is 0.0723. The second kappa shape index (κ2) is 22.2. The number of nitrogens with zero attached hydrogens (tertiary/aromatic N) is 6. The van der Waals surface area contributed by atoms with Crippen molar-refractivity contribution in [3.63, 3.8) is 0 Å². The van der Waals surface area contributed by atoms with Crippen LogP contribution in [0.3, 0.4) is 0 Å². The van der Waals surface area contributed by atoms with Gasteiger partial charge in [-0.25, -0.2) is 4.79 Å². The number of piperidine rings is 1. The lowest BCUT2D eigenvalue weighted by Crippen LogP contribution is -2.37. The number of aromatic nitrogens is 5. The number of pyridine rings is 1. The van der Waals surface area contributed by atoms with E-state index in [4.69, 9.17) is 9.47 Å². The smallest absolute Gasteiger partial charge is 0.376 e. The Bertz CT molecular complexity index is 2020. The average Bonchev–Trinajstić information content (AvgIpc) is 3.76. The van der Waals surface area contributed by atoms with E-state index in [0.29, 0.717) is 57.1 Å². The quantitative estimate of drug-likeness (QED) is 0.0925. The van der Waals surface area contributed by atoms with Crippen LogP contribution in [0.15, 0.2) is 78.1 Å². The monoisotopic (exact) mass is 804 g/mol. The van der Waals surface area contributed by atoms with Gasteiger partial charge in [0.05, 0.1) is 42.7 Å². The molecular formula is C46H63F3N6O3. The molecule has 5 aromatic rings. The molecular weight excluding hydrogens is 742 g/mol. The fourth-order valence-corrected chi connectivity index (χ4v) is 7.38. The van der Waals surface area contributed by atoms with E-state index in [-0.39, 0.29) is 11.6 Å². The maximum Gasteiger partial charge on any atom is 0.418 e. The second-order valence-corrected chi connectivity index (χ2v) is 15.4. The lowest BCUT2D eigenvalue weighted by Gasteiger charge is -2.32. The van der Waals surface area contributed by atoms with Gasteiger partial charge in [0.15, 0.2) is 0 Å². The summed E-state index contributed by atoms with van der Waals surface area (Å²) in [6.45, 7) is 11.7. The molecule has 2 aromatic carbocycles. The number of alkyl halides is 3.